The Morgan fingerprint density at radius 2 is 1.76 bits per heavy atom. The Labute approximate surface area is 150 Å². The average molecular weight is 367 g/mol. The molecule has 0 heterocycles. The van der Waals surface area contributed by atoms with Crippen molar-refractivity contribution in [3.05, 3.63) is 59.7 Å². The third-order valence-corrected chi connectivity index (χ3v) is 3.84. The number of anilines is 2. The molecule has 0 aliphatic heterocycles. The van der Waals surface area contributed by atoms with Crippen molar-refractivity contribution in [3.8, 4) is 0 Å². The molecule has 0 saturated heterocycles. The molecule has 0 amide bonds. The van der Waals surface area contributed by atoms with Gasteiger partial charge in [0.1, 0.15) is 0 Å². The maximum atomic E-state index is 12.7. The first-order valence-corrected chi connectivity index (χ1v) is 8.15. The lowest BCUT2D eigenvalue weighted by Gasteiger charge is -2.14. The average Bonchev–Trinajstić information content (AvgIpc) is 2.55. The molecule has 0 spiro atoms. The monoisotopic (exact) mass is 367 g/mol. The summed E-state index contributed by atoms with van der Waals surface area (Å²) in [6.45, 7) is 0.447. The van der Waals surface area contributed by atoms with Gasteiger partial charge in [-0.3, -0.25) is 0 Å². The van der Waals surface area contributed by atoms with Crippen LogP contribution in [0.4, 0.5) is 24.5 Å². The first-order chi connectivity index (χ1) is 11.8. The smallest absolute Gasteiger partial charge is 0.378 e. The molecule has 2 aromatic carbocycles. The van der Waals surface area contributed by atoms with Crippen molar-refractivity contribution in [2.45, 2.75) is 12.6 Å². The Morgan fingerprint density at radius 3 is 2.36 bits per heavy atom. The Kier molecular flexibility index (Phi) is 6.25. The summed E-state index contributed by atoms with van der Waals surface area (Å²) >= 11 is 5.21. The lowest BCUT2D eigenvalue weighted by Crippen LogP contribution is -2.30. The van der Waals surface area contributed by atoms with Gasteiger partial charge in [0.25, 0.3) is 0 Å². The van der Waals surface area contributed by atoms with E-state index >= 15 is 0 Å². The van der Waals surface area contributed by atoms with Crippen LogP contribution in [0.1, 0.15) is 11.1 Å². The molecule has 3 nitrogen and oxygen atoms in total. The minimum atomic E-state index is -4.32. The number of thiocarbonyl (C=S) groups is 1. The van der Waals surface area contributed by atoms with Crippen LogP contribution in [0.2, 0.25) is 0 Å². The van der Waals surface area contributed by atoms with Gasteiger partial charge in [-0.15, -0.1) is 0 Å². The highest BCUT2D eigenvalue weighted by Gasteiger charge is 2.30. The summed E-state index contributed by atoms with van der Waals surface area (Å²) in [6.07, 6.45) is -3.87. The fourth-order valence-electron chi connectivity index (χ4n) is 2.24. The summed E-state index contributed by atoms with van der Waals surface area (Å²) < 4.78 is 38.1. The zero-order valence-electron chi connectivity index (χ0n) is 14.0. The molecule has 2 N–H and O–H groups in total. The van der Waals surface area contributed by atoms with E-state index in [1.54, 1.807) is 6.07 Å². The molecule has 7 heteroatoms. The molecule has 0 aliphatic rings. The zero-order chi connectivity index (χ0) is 18.4. The molecule has 134 valence electrons. The highest BCUT2D eigenvalue weighted by Crippen LogP contribution is 2.29. The van der Waals surface area contributed by atoms with E-state index < -0.39 is 11.7 Å². The van der Waals surface area contributed by atoms with Crippen LogP contribution in [0.15, 0.2) is 48.5 Å². The summed E-state index contributed by atoms with van der Waals surface area (Å²) in [5, 5.41) is 6.49. The van der Waals surface area contributed by atoms with E-state index in [-0.39, 0.29) is 0 Å². The van der Waals surface area contributed by atoms with E-state index in [9.17, 15) is 13.2 Å². The summed E-state index contributed by atoms with van der Waals surface area (Å²) in [6, 6.07) is 13.1. The second kappa shape index (κ2) is 8.20. The van der Waals surface area contributed by atoms with Crippen molar-refractivity contribution in [1.82, 2.24) is 5.32 Å². The topological polar surface area (TPSA) is 27.3 Å². The van der Waals surface area contributed by atoms with Crippen molar-refractivity contribution in [3.63, 3.8) is 0 Å². The third kappa shape index (κ3) is 5.94. The SMILES string of the molecule is CN(C)c1ccc(NC(=S)NCCc2cccc(C(F)(F)F)c2)cc1. The van der Waals surface area contributed by atoms with E-state index in [4.69, 9.17) is 12.2 Å². The van der Waals surface area contributed by atoms with Crippen LogP contribution in [0, 0.1) is 0 Å². The summed E-state index contributed by atoms with van der Waals surface area (Å²) in [5.74, 6) is 0. The van der Waals surface area contributed by atoms with Gasteiger partial charge in [0.05, 0.1) is 5.56 Å². The van der Waals surface area contributed by atoms with Crippen molar-refractivity contribution in [1.29, 1.82) is 0 Å². The maximum absolute atomic E-state index is 12.7. The van der Waals surface area contributed by atoms with Gasteiger partial charge >= 0.3 is 6.18 Å². The van der Waals surface area contributed by atoms with E-state index in [2.05, 4.69) is 10.6 Å². The highest BCUT2D eigenvalue weighted by atomic mass is 32.1. The number of rotatable bonds is 5. The number of alkyl halides is 3. The van der Waals surface area contributed by atoms with Crippen molar-refractivity contribution in [2.75, 3.05) is 30.9 Å². The van der Waals surface area contributed by atoms with Crippen LogP contribution >= 0.6 is 12.2 Å². The number of nitrogens with one attached hydrogen (secondary N) is 2. The van der Waals surface area contributed by atoms with Gasteiger partial charge in [-0.25, -0.2) is 0 Å². The van der Waals surface area contributed by atoms with Gasteiger partial charge in [0.15, 0.2) is 5.11 Å². The number of benzene rings is 2. The summed E-state index contributed by atoms with van der Waals surface area (Å²) in [5.41, 5.74) is 1.91. The van der Waals surface area contributed by atoms with Gasteiger partial charge < -0.3 is 15.5 Å². The first-order valence-electron chi connectivity index (χ1n) is 7.74. The first kappa shape index (κ1) is 19.1. The highest BCUT2D eigenvalue weighted by molar-refractivity contribution is 7.80. The molecule has 2 rings (SSSR count). The molecule has 0 radical (unpaired) electrons. The van der Waals surface area contributed by atoms with Crippen LogP contribution < -0.4 is 15.5 Å². The summed E-state index contributed by atoms with van der Waals surface area (Å²) in [4.78, 5) is 2.00. The second-order valence-electron chi connectivity index (χ2n) is 5.77. The number of nitrogens with zero attached hydrogens (tertiary/aromatic N) is 1. The Hall–Kier alpha value is -2.28. The van der Waals surface area contributed by atoms with Crippen LogP contribution in [0.25, 0.3) is 0 Å². The van der Waals surface area contributed by atoms with E-state index in [0.717, 1.165) is 23.5 Å². The number of hydrogen-bond acceptors (Lipinski definition) is 2. The van der Waals surface area contributed by atoms with Crippen LogP contribution in [-0.4, -0.2) is 25.8 Å². The second-order valence-corrected chi connectivity index (χ2v) is 6.18. The van der Waals surface area contributed by atoms with Crippen molar-refractivity contribution < 1.29 is 13.2 Å². The molecule has 0 saturated carbocycles. The van der Waals surface area contributed by atoms with Crippen molar-refractivity contribution in [2.24, 2.45) is 0 Å². The molecule has 0 atom stereocenters. The maximum Gasteiger partial charge on any atom is 0.416 e. The molecular formula is C18H20F3N3S. The normalized spacial score (nSPS) is 11.1. The minimum Gasteiger partial charge on any atom is -0.378 e. The van der Waals surface area contributed by atoms with E-state index in [1.165, 1.54) is 6.07 Å². The third-order valence-electron chi connectivity index (χ3n) is 3.60. The number of halogens is 3. The molecule has 0 aromatic heterocycles. The fourth-order valence-corrected chi connectivity index (χ4v) is 2.46. The minimum absolute atomic E-state index is 0.435. The number of hydrogen-bond donors (Lipinski definition) is 2. The molecule has 0 bridgehead atoms. The molecule has 2 aromatic rings. The van der Waals surface area contributed by atoms with Gasteiger partial charge in [-0.1, -0.05) is 18.2 Å². The quantitative estimate of drug-likeness (QED) is 0.771. The zero-order valence-corrected chi connectivity index (χ0v) is 14.8. The van der Waals surface area contributed by atoms with E-state index in [0.29, 0.717) is 23.6 Å². The standard InChI is InChI=1S/C18H20F3N3S/c1-24(2)16-8-6-15(7-9-16)23-17(25)22-11-10-13-4-3-5-14(12-13)18(19,20)21/h3-9,12H,10-11H2,1-2H3,(H2,22,23,25). The molecular weight excluding hydrogens is 347 g/mol. The lowest BCUT2D eigenvalue weighted by atomic mass is 10.1. The van der Waals surface area contributed by atoms with E-state index in [1.807, 2.05) is 43.3 Å². The molecule has 0 aliphatic carbocycles. The van der Waals surface area contributed by atoms with Gasteiger partial charge in [0.2, 0.25) is 0 Å². The van der Waals surface area contributed by atoms with Crippen LogP contribution in [0.5, 0.6) is 0 Å². The molecule has 0 fully saturated rings. The van der Waals surface area contributed by atoms with Crippen LogP contribution in [0.3, 0.4) is 0 Å². The lowest BCUT2D eigenvalue weighted by molar-refractivity contribution is -0.137. The van der Waals surface area contributed by atoms with Crippen molar-refractivity contribution >= 4 is 28.7 Å². The Bertz CT molecular complexity index is 712. The molecule has 25 heavy (non-hydrogen) atoms. The molecule has 0 unspecified atom stereocenters. The Morgan fingerprint density at radius 1 is 1.08 bits per heavy atom. The van der Waals surface area contributed by atoms with Gasteiger partial charge in [-0.05, 0) is 54.5 Å². The predicted octanol–water partition coefficient (Wildman–Crippen LogP) is 4.30. The van der Waals surface area contributed by atoms with Crippen LogP contribution in [-0.2, 0) is 12.6 Å². The largest absolute Gasteiger partial charge is 0.416 e. The Balaban J connectivity index is 1.82. The van der Waals surface area contributed by atoms with Gasteiger partial charge in [0, 0.05) is 32.0 Å². The summed E-state index contributed by atoms with van der Waals surface area (Å²) in [7, 11) is 3.92. The predicted molar refractivity (Wildman–Crippen MR) is 100 cm³/mol. The van der Waals surface area contributed by atoms with Gasteiger partial charge in [-0.2, -0.15) is 13.2 Å². The fraction of sp³-hybridized carbons (Fsp3) is 0.278.